The van der Waals surface area contributed by atoms with Gasteiger partial charge in [-0.1, -0.05) is 18.2 Å². The summed E-state index contributed by atoms with van der Waals surface area (Å²) >= 11 is 0. The van der Waals surface area contributed by atoms with Gasteiger partial charge >= 0.3 is 11.9 Å². The van der Waals surface area contributed by atoms with Crippen molar-refractivity contribution in [2.75, 3.05) is 13.2 Å². The highest BCUT2D eigenvalue weighted by molar-refractivity contribution is 5.87. The molecule has 1 unspecified atom stereocenters. The van der Waals surface area contributed by atoms with Gasteiger partial charge in [-0.3, -0.25) is 4.79 Å². The first-order chi connectivity index (χ1) is 11.5. The van der Waals surface area contributed by atoms with E-state index in [1.54, 1.807) is 30.3 Å². The van der Waals surface area contributed by atoms with Crippen LogP contribution >= 0.6 is 0 Å². The Labute approximate surface area is 138 Å². The van der Waals surface area contributed by atoms with E-state index in [0.29, 0.717) is 30.3 Å². The number of rotatable bonds is 5. The minimum atomic E-state index is -1.01. The van der Waals surface area contributed by atoms with Crippen molar-refractivity contribution < 1.29 is 29.3 Å². The highest BCUT2D eigenvalue weighted by atomic mass is 16.6. The van der Waals surface area contributed by atoms with Crippen LogP contribution in [0.4, 0.5) is 0 Å². The number of aliphatic carboxylic acids is 1. The van der Waals surface area contributed by atoms with Gasteiger partial charge in [-0.15, -0.1) is 0 Å². The Morgan fingerprint density at radius 1 is 0.958 bits per heavy atom. The number of carboxylic acids is 2. The Balaban J connectivity index is 1.84. The van der Waals surface area contributed by atoms with Crippen LogP contribution in [0.15, 0.2) is 42.5 Å². The molecule has 0 amide bonds. The molecule has 0 aliphatic carbocycles. The molecule has 1 aliphatic rings. The molecule has 1 aliphatic heterocycles. The van der Waals surface area contributed by atoms with E-state index in [4.69, 9.17) is 14.6 Å². The molecule has 0 radical (unpaired) electrons. The molecule has 0 fully saturated rings. The monoisotopic (exact) mass is 328 g/mol. The highest BCUT2D eigenvalue weighted by Gasteiger charge is 2.23. The van der Waals surface area contributed by atoms with E-state index in [1.165, 1.54) is 12.1 Å². The Morgan fingerprint density at radius 3 is 2.25 bits per heavy atom. The molecular formula is C18H16O6. The first kappa shape index (κ1) is 15.9. The van der Waals surface area contributed by atoms with E-state index in [-0.39, 0.29) is 12.0 Å². The van der Waals surface area contributed by atoms with Gasteiger partial charge in [0.15, 0.2) is 11.5 Å². The van der Waals surface area contributed by atoms with Crippen molar-refractivity contribution in [3.8, 4) is 11.5 Å². The summed E-state index contributed by atoms with van der Waals surface area (Å²) in [5.41, 5.74) is 1.54. The van der Waals surface area contributed by atoms with Crippen LogP contribution in [0.3, 0.4) is 0 Å². The van der Waals surface area contributed by atoms with Gasteiger partial charge in [-0.05, 0) is 41.8 Å². The van der Waals surface area contributed by atoms with E-state index < -0.39 is 17.9 Å². The molecule has 0 saturated carbocycles. The van der Waals surface area contributed by atoms with Crippen LogP contribution in [0.1, 0.15) is 27.4 Å². The standard InChI is InChI=1S/C18H16O6/c19-17(20)12-3-1-11(2-4-12)9-14(18(21)22)13-5-6-15-16(10-13)24-8-7-23-15/h1-6,10,14H,7-9H2,(H,19,20)(H,21,22). The summed E-state index contributed by atoms with van der Waals surface area (Å²) in [5, 5.41) is 18.5. The fourth-order valence-electron chi connectivity index (χ4n) is 2.64. The number of carbonyl (C=O) groups is 2. The number of hydrogen-bond donors (Lipinski definition) is 2. The summed E-state index contributed by atoms with van der Waals surface area (Å²) in [6.45, 7) is 0.912. The van der Waals surface area contributed by atoms with Crippen LogP contribution in [0, 0.1) is 0 Å². The van der Waals surface area contributed by atoms with Crippen LogP contribution in [0.2, 0.25) is 0 Å². The maximum atomic E-state index is 11.7. The molecule has 2 aromatic carbocycles. The van der Waals surface area contributed by atoms with Crippen molar-refractivity contribution in [2.45, 2.75) is 12.3 Å². The quantitative estimate of drug-likeness (QED) is 0.876. The van der Waals surface area contributed by atoms with Gasteiger partial charge in [-0.2, -0.15) is 0 Å². The number of aromatic carboxylic acids is 1. The SMILES string of the molecule is O=C(O)c1ccc(CC(C(=O)O)c2ccc3c(c2)OCCO3)cc1. The maximum Gasteiger partial charge on any atom is 0.335 e. The van der Waals surface area contributed by atoms with Gasteiger partial charge in [0, 0.05) is 0 Å². The van der Waals surface area contributed by atoms with E-state index in [1.807, 2.05) is 0 Å². The number of carboxylic acid groups (broad SMARTS) is 2. The third kappa shape index (κ3) is 3.32. The predicted molar refractivity (Wildman–Crippen MR) is 84.9 cm³/mol. The van der Waals surface area contributed by atoms with Gasteiger partial charge in [0.2, 0.25) is 0 Å². The lowest BCUT2D eigenvalue weighted by atomic mass is 9.91. The molecule has 1 atom stereocenters. The summed E-state index contributed by atoms with van der Waals surface area (Å²) in [7, 11) is 0. The molecule has 0 bridgehead atoms. The first-order valence-electron chi connectivity index (χ1n) is 7.49. The van der Waals surface area contributed by atoms with Crippen LogP contribution in [0.25, 0.3) is 0 Å². The van der Waals surface area contributed by atoms with E-state index in [0.717, 1.165) is 5.56 Å². The summed E-state index contributed by atoms with van der Waals surface area (Å²) < 4.78 is 10.9. The zero-order chi connectivity index (χ0) is 17.1. The Bertz CT molecular complexity index is 766. The molecule has 1 heterocycles. The fourth-order valence-corrected chi connectivity index (χ4v) is 2.64. The average Bonchev–Trinajstić information content (AvgIpc) is 2.59. The van der Waals surface area contributed by atoms with Crippen molar-refractivity contribution in [2.24, 2.45) is 0 Å². The second-order valence-corrected chi connectivity index (χ2v) is 5.50. The van der Waals surface area contributed by atoms with Crippen molar-refractivity contribution in [3.63, 3.8) is 0 Å². The zero-order valence-electron chi connectivity index (χ0n) is 12.8. The Hall–Kier alpha value is -3.02. The van der Waals surface area contributed by atoms with Gasteiger partial charge < -0.3 is 19.7 Å². The molecule has 2 N–H and O–H groups in total. The van der Waals surface area contributed by atoms with E-state index in [2.05, 4.69) is 0 Å². The van der Waals surface area contributed by atoms with Crippen molar-refractivity contribution in [3.05, 3.63) is 59.2 Å². The largest absolute Gasteiger partial charge is 0.486 e. The Kier molecular flexibility index (Phi) is 4.37. The van der Waals surface area contributed by atoms with Gasteiger partial charge in [0.1, 0.15) is 13.2 Å². The lowest BCUT2D eigenvalue weighted by Crippen LogP contribution is -2.18. The van der Waals surface area contributed by atoms with Gasteiger partial charge in [0.25, 0.3) is 0 Å². The third-order valence-corrected chi connectivity index (χ3v) is 3.91. The lowest BCUT2D eigenvalue weighted by molar-refractivity contribution is -0.138. The van der Waals surface area contributed by atoms with Crippen LogP contribution < -0.4 is 9.47 Å². The number of benzene rings is 2. The van der Waals surface area contributed by atoms with Crippen LogP contribution in [0.5, 0.6) is 11.5 Å². The molecule has 0 aromatic heterocycles. The summed E-state index contributed by atoms with van der Waals surface area (Å²) in [6.07, 6.45) is 0.259. The zero-order valence-corrected chi connectivity index (χ0v) is 12.8. The lowest BCUT2D eigenvalue weighted by Gasteiger charge is -2.20. The highest BCUT2D eigenvalue weighted by Crippen LogP contribution is 2.34. The Morgan fingerprint density at radius 2 is 1.62 bits per heavy atom. The molecule has 124 valence electrons. The molecule has 2 aromatic rings. The van der Waals surface area contributed by atoms with E-state index >= 15 is 0 Å². The average molecular weight is 328 g/mol. The molecule has 0 saturated heterocycles. The molecular weight excluding hydrogens is 312 g/mol. The molecule has 6 heteroatoms. The first-order valence-corrected chi connectivity index (χ1v) is 7.49. The number of fused-ring (bicyclic) bond motifs is 1. The minimum absolute atomic E-state index is 0.171. The second-order valence-electron chi connectivity index (χ2n) is 5.50. The smallest absolute Gasteiger partial charge is 0.335 e. The summed E-state index contributed by atoms with van der Waals surface area (Å²) in [4.78, 5) is 22.6. The summed E-state index contributed by atoms with van der Waals surface area (Å²) in [5.74, 6) is -1.56. The van der Waals surface area contributed by atoms with Crippen molar-refractivity contribution in [1.29, 1.82) is 0 Å². The molecule has 6 nitrogen and oxygen atoms in total. The second kappa shape index (κ2) is 6.62. The maximum absolute atomic E-state index is 11.7. The number of hydrogen-bond acceptors (Lipinski definition) is 4. The molecule has 24 heavy (non-hydrogen) atoms. The van der Waals surface area contributed by atoms with Gasteiger partial charge in [0.05, 0.1) is 11.5 Å². The summed E-state index contributed by atoms with van der Waals surface area (Å²) in [6, 6.07) is 11.3. The topological polar surface area (TPSA) is 93.1 Å². The normalized spacial score (nSPS) is 14.0. The number of ether oxygens (including phenoxy) is 2. The molecule has 3 rings (SSSR count). The van der Waals surface area contributed by atoms with Crippen LogP contribution in [-0.2, 0) is 11.2 Å². The van der Waals surface area contributed by atoms with Crippen molar-refractivity contribution >= 4 is 11.9 Å². The third-order valence-electron chi connectivity index (χ3n) is 3.91. The molecule has 0 spiro atoms. The van der Waals surface area contributed by atoms with Crippen LogP contribution in [-0.4, -0.2) is 35.4 Å². The van der Waals surface area contributed by atoms with Gasteiger partial charge in [-0.25, -0.2) is 4.79 Å². The minimum Gasteiger partial charge on any atom is -0.486 e. The fraction of sp³-hybridized carbons (Fsp3) is 0.222. The predicted octanol–water partition coefficient (Wildman–Crippen LogP) is 2.57. The van der Waals surface area contributed by atoms with E-state index in [9.17, 15) is 14.7 Å². The van der Waals surface area contributed by atoms with Crippen molar-refractivity contribution in [1.82, 2.24) is 0 Å².